The molecule has 3 N–H and O–H groups in total. The largest absolute Gasteiger partial charge is 0.383 e. The second kappa shape index (κ2) is 10.2. The van der Waals surface area contributed by atoms with Gasteiger partial charge >= 0.3 is 0 Å². The second-order valence-electron chi connectivity index (χ2n) is 5.34. The topological polar surface area (TPSA) is 92.4 Å². The zero-order valence-corrected chi connectivity index (χ0v) is 14.1. The normalized spacial score (nSPS) is 10.3. The number of rotatable bonds is 9. The lowest BCUT2D eigenvalue weighted by atomic mass is 10.2. The van der Waals surface area contributed by atoms with E-state index in [1.807, 2.05) is 18.2 Å². The van der Waals surface area contributed by atoms with E-state index in [1.54, 1.807) is 37.7 Å². The number of hydrogen-bond acceptors (Lipinski definition) is 5. The summed E-state index contributed by atoms with van der Waals surface area (Å²) < 4.78 is 4.90. The summed E-state index contributed by atoms with van der Waals surface area (Å²) in [6, 6.07) is 10.7. The first-order valence-corrected chi connectivity index (χ1v) is 7.95. The predicted molar refractivity (Wildman–Crippen MR) is 95.2 cm³/mol. The average Bonchev–Trinajstić information content (AvgIpc) is 2.64. The van der Waals surface area contributed by atoms with E-state index >= 15 is 0 Å². The molecule has 2 rings (SSSR count). The Hall–Kier alpha value is -2.77. The average molecular weight is 342 g/mol. The Balaban J connectivity index is 1.82. The molecular weight excluding hydrogens is 320 g/mol. The summed E-state index contributed by atoms with van der Waals surface area (Å²) in [6.07, 6.45) is 3.14. The van der Waals surface area contributed by atoms with Gasteiger partial charge in [-0.05, 0) is 29.8 Å². The van der Waals surface area contributed by atoms with Crippen LogP contribution in [-0.4, -0.2) is 43.6 Å². The van der Waals surface area contributed by atoms with E-state index in [4.69, 9.17) is 4.74 Å². The molecule has 0 radical (unpaired) electrons. The Morgan fingerprint density at radius 1 is 1.16 bits per heavy atom. The van der Waals surface area contributed by atoms with Gasteiger partial charge in [0.2, 0.25) is 5.91 Å². The Morgan fingerprint density at radius 3 is 2.72 bits per heavy atom. The van der Waals surface area contributed by atoms with Crippen molar-refractivity contribution in [3.8, 4) is 0 Å². The van der Waals surface area contributed by atoms with Crippen molar-refractivity contribution in [1.29, 1.82) is 0 Å². The summed E-state index contributed by atoms with van der Waals surface area (Å²) in [6.45, 7) is 1.82. The summed E-state index contributed by atoms with van der Waals surface area (Å²) in [5.74, 6) is -0.298. The maximum Gasteiger partial charge on any atom is 0.255 e. The molecule has 132 valence electrons. The Labute approximate surface area is 146 Å². The fourth-order valence-electron chi connectivity index (χ4n) is 2.10. The molecule has 25 heavy (non-hydrogen) atoms. The van der Waals surface area contributed by atoms with Crippen molar-refractivity contribution >= 4 is 17.5 Å². The van der Waals surface area contributed by atoms with Gasteiger partial charge in [0.25, 0.3) is 5.91 Å². The van der Waals surface area contributed by atoms with Gasteiger partial charge in [-0.3, -0.25) is 14.6 Å². The number of hydrogen-bond donors (Lipinski definition) is 3. The highest BCUT2D eigenvalue weighted by Crippen LogP contribution is 2.12. The van der Waals surface area contributed by atoms with E-state index in [1.165, 1.54) is 0 Å². The molecule has 1 heterocycles. The summed E-state index contributed by atoms with van der Waals surface area (Å²) >= 11 is 0. The van der Waals surface area contributed by atoms with Gasteiger partial charge < -0.3 is 20.7 Å². The number of nitrogens with zero attached hydrogens (tertiary/aromatic N) is 1. The van der Waals surface area contributed by atoms with Crippen LogP contribution in [0.2, 0.25) is 0 Å². The fraction of sp³-hybridized carbons (Fsp3) is 0.278. The van der Waals surface area contributed by atoms with Crippen LogP contribution in [0.15, 0.2) is 48.8 Å². The molecule has 1 aromatic heterocycles. The zero-order chi connectivity index (χ0) is 17.9. The van der Waals surface area contributed by atoms with Gasteiger partial charge in [0, 0.05) is 43.8 Å². The van der Waals surface area contributed by atoms with Gasteiger partial charge in [-0.15, -0.1) is 0 Å². The molecule has 2 aromatic rings. The first-order chi connectivity index (χ1) is 12.2. The lowest BCUT2D eigenvalue weighted by molar-refractivity contribution is -0.120. The number of ether oxygens (including phenoxy) is 1. The number of carbonyl (C=O) groups is 2. The molecule has 0 aliphatic rings. The Morgan fingerprint density at radius 2 is 1.96 bits per heavy atom. The molecule has 0 aliphatic carbocycles. The van der Waals surface area contributed by atoms with E-state index in [0.29, 0.717) is 30.9 Å². The van der Waals surface area contributed by atoms with E-state index in [9.17, 15) is 9.59 Å². The van der Waals surface area contributed by atoms with Crippen LogP contribution in [0.1, 0.15) is 15.9 Å². The summed E-state index contributed by atoms with van der Waals surface area (Å²) in [5.41, 5.74) is 2.11. The molecule has 0 atom stereocenters. The molecule has 1 aromatic carbocycles. The highest BCUT2D eigenvalue weighted by molar-refractivity contribution is 6.04. The smallest absolute Gasteiger partial charge is 0.255 e. The Bertz CT molecular complexity index is 692. The maximum atomic E-state index is 12.1. The Kier molecular flexibility index (Phi) is 7.55. The van der Waals surface area contributed by atoms with Gasteiger partial charge in [0.15, 0.2) is 0 Å². The second-order valence-corrected chi connectivity index (χ2v) is 5.34. The minimum Gasteiger partial charge on any atom is -0.383 e. The summed E-state index contributed by atoms with van der Waals surface area (Å²) in [7, 11) is 1.61. The molecule has 2 amide bonds. The molecule has 0 saturated carbocycles. The zero-order valence-electron chi connectivity index (χ0n) is 14.1. The third kappa shape index (κ3) is 6.70. The molecule has 0 spiro atoms. The van der Waals surface area contributed by atoms with Gasteiger partial charge in [0.05, 0.1) is 13.2 Å². The van der Waals surface area contributed by atoms with Crippen LogP contribution >= 0.6 is 0 Å². The highest BCUT2D eigenvalue weighted by atomic mass is 16.5. The summed E-state index contributed by atoms with van der Waals surface area (Å²) in [4.78, 5) is 27.8. The lowest BCUT2D eigenvalue weighted by Gasteiger charge is -2.09. The third-order valence-corrected chi connectivity index (χ3v) is 3.39. The number of nitrogens with one attached hydrogen (secondary N) is 3. The minimum atomic E-state index is -0.203. The number of benzene rings is 1. The van der Waals surface area contributed by atoms with Crippen molar-refractivity contribution < 1.29 is 14.3 Å². The van der Waals surface area contributed by atoms with Gasteiger partial charge in [0.1, 0.15) is 0 Å². The monoisotopic (exact) mass is 342 g/mol. The van der Waals surface area contributed by atoms with E-state index in [-0.39, 0.29) is 18.4 Å². The SMILES string of the molecule is COCCNCC(=O)NCc1cccc(NC(=O)c2ccncc2)c1. The number of anilines is 1. The first kappa shape index (κ1) is 18.6. The van der Waals surface area contributed by atoms with Crippen molar-refractivity contribution in [2.45, 2.75) is 6.54 Å². The van der Waals surface area contributed by atoms with Crippen molar-refractivity contribution in [1.82, 2.24) is 15.6 Å². The number of carbonyl (C=O) groups excluding carboxylic acids is 2. The molecule has 0 unspecified atom stereocenters. The van der Waals surface area contributed by atoms with E-state index < -0.39 is 0 Å². The first-order valence-electron chi connectivity index (χ1n) is 7.95. The van der Waals surface area contributed by atoms with Gasteiger partial charge in [-0.25, -0.2) is 0 Å². The highest BCUT2D eigenvalue weighted by Gasteiger charge is 2.06. The number of aromatic nitrogens is 1. The number of amides is 2. The molecule has 0 bridgehead atoms. The van der Waals surface area contributed by atoms with Crippen LogP contribution in [0, 0.1) is 0 Å². The molecular formula is C18H22N4O3. The van der Waals surface area contributed by atoms with Crippen molar-refractivity contribution in [2.24, 2.45) is 0 Å². The molecule has 0 saturated heterocycles. The van der Waals surface area contributed by atoms with Crippen molar-refractivity contribution in [3.63, 3.8) is 0 Å². The van der Waals surface area contributed by atoms with Gasteiger partial charge in [-0.1, -0.05) is 12.1 Å². The number of methoxy groups -OCH3 is 1. The van der Waals surface area contributed by atoms with Crippen LogP contribution in [-0.2, 0) is 16.1 Å². The standard InChI is InChI=1S/C18H22N4O3/c1-25-10-9-20-13-17(23)21-12-14-3-2-4-16(11-14)22-18(24)15-5-7-19-8-6-15/h2-8,11,20H,9-10,12-13H2,1H3,(H,21,23)(H,22,24). The molecule has 0 aliphatic heterocycles. The third-order valence-electron chi connectivity index (χ3n) is 3.39. The summed E-state index contributed by atoms with van der Waals surface area (Å²) in [5, 5.41) is 8.63. The van der Waals surface area contributed by atoms with Crippen molar-refractivity contribution in [3.05, 3.63) is 59.9 Å². The van der Waals surface area contributed by atoms with Crippen LogP contribution in [0.25, 0.3) is 0 Å². The molecule has 0 fully saturated rings. The number of pyridine rings is 1. The lowest BCUT2D eigenvalue weighted by Crippen LogP contribution is -2.34. The fourth-order valence-corrected chi connectivity index (χ4v) is 2.10. The van der Waals surface area contributed by atoms with Crippen LogP contribution < -0.4 is 16.0 Å². The maximum absolute atomic E-state index is 12.1. The van der Waals surface area contributed by atoms with Crippen molar-refractivity contribution in [2.75, 3.05) is 32.1 Å². The van der Waals surface area contributed by atoms with Crippen LogP contribution in [0.4, 0.5) is 5.69 Å². The van der Waals surface area contributed by atoms with E-state index in [0.717, 1.165) is 5.56 Å². The predicted octanol–water partition coefficient (Wildman–Crippen LogP) is 1.19. The molecule has 7 nitrogen and oxygen atoms in total. The quantitative estimate of drug-likeness (QED) is 0.595. The van der Waals surface area contributed by atoms with E-state index in [2.05, 4.69) is 20.9 Å². The minimum absolute atomic E-state index is 0.0951. The van der Waals surface area contributed by atoms with Gasteiger partial charge in [-0.2, -0.15) is 0 Å². The van der Waals surface area contributed by atoms with Crippen LogP contribution in [0.3, 0.4) is 0 Å². The van der Waals surface area contributed by atoms with Crippen LogP contribution in [0.5, 0.6) is 0 Å². The molecule has 7 heteroatoms.